The lowest BCUT2D eigenvalue weighted by Crippen LogP contribution is -2.34. The average Bonchev–Trinajstić information content (AvgIpc) is 2.46. The fraction of sp³-hybridized carbons (Fsp3) is 0.800. The van der Waals surface area contributed by atoms with Gasteiger partial charge in [0.05, 0.1) is 12.3 Å². The number of hydrogen-bond donors (Lipinski definition) is 1. The van der Waals surface area contributed by atoms with Crippen LogP contribution in [0.4, 0.5) is 0 Å². The number of H-pyrrole nitrogens is 1. The van der Waals surface area contributed by atoms with Crippen molar-refractivity contribution in [1.29, 1.82) is 0 Å². The molecule has 0 aliphatic rings. The van der Waals surface area contributed by atoms with Gasteiger partial charge in [0.15, 0.2) is 5.82 Å². The first-order chi connectivity index (χ1) is 7.60. The molecule has 0 spiro atoms. The Morgan fingerprint density at radius 3 is 2.35 bits per heavy atom. The highest BCUT2D eigenvalue weighted by atomic mass is 32.2. The molecule has 1 rings (SSSR count). The first-order valence-corrected chi connectivity index (χ1v) is 7.03. The van der Waals surface area contributed by atoms with Gasteiger partial charge >= 0.3 is 0 Å². The van der Waals surface area contributed by atoms with E-state index in [4.69, 9.17) is 0 Å². The molecule has 0 fully saturated rings. The number of aryl methyl sites for hydroxylation is 1. The fourth-order valence-electron chi connectivity index (χ4n) is 1.41. The maximum Gasteiger partial charge on any atom is 0.214 e. The molecule has 98 valence electrons. The summed E-state index contributed by atoms with van der Waals surface area (Å²) in [6.07, 6.45) is 0. The molecule has 7 heteroatoms. The van der Waals surface area contributed by atoms with Crippen molar-refractivity contribution in [2.24, 2.45) is 5.41 Å². The Morgan fingerprint density at radius 2 is 1.94 bits per heavy atom. The van der Waals surface area contributed by atoms with Gasteiger partial charge in [-0.1, -0.05) is 20.8 Å². The SMILES string of the molecule is Cc1nc(CN(C)S(=O)(=O)CC(C)(C)C)n[nH]1. The lowest BCUT2D eigenvalue weighted by molar-refractivity contribution is 0.415. The van der Waals surface area contributed by atoms with Crippen molar-refractivity contribution in [1.82, 2.24) is 19.5 Å². The van der Waals surface area contributed by atoms with E-state index in [0.29, 0.717) is 11.6 Å². The Hall–Kier alpha value is -0.950. The second-order valence-corrected chi connectivity index (χ2v) is 7.49. The molecule has 0 unspecified atom stereocenters. The van der Waals surface area contributed by atoms with E-state index in [1.807, 2.05) is 20.8 Å². The van der Waals surface area contributed by atoms with Crippen LogP contribution in [0.5, 0.6) is 0 Å². The molecule has 0 aliphatic carbocycles. The van der Waals surface area contributed by atoms with Crippen LogP contribution < -0.4 is 0 Å². The van der Waals surface area contributed by atoms with Crippen molar-refractivity contribution in [3.8, 4) is 0 Å². The molecule has 17 heavy (non-hydrogen) atoms. The van der Waals surface area contributed by atoms with Crippen LogP contribution in [0.3, 0.4) is 0 Å². The van der Waals surface area contributed by atoms with E-state index >= 15 is 0 Å². The van der Waals surface area contributed by atoms with E-state index in [0.717, 1.165) is 0 Å². The molecule has 0 amide bonds. The number of sulfonamides is 1. The summed E-state index contributed by atoms with van der Waals surface area (Å²) in [5, 5.41) is 6.61. The van der Waals surface area contributed by atoms with Crippen LogP contribution >= 0.6 is 0 Å². The van der Waals surface area contributed by atoms with E-state index in [-0.39, 0.29) is 17.7 Å². The summed E-state index contributed by atoms with van der Waals surface area (Å²) in [5.74, 6) is 1.28. The first-order valence-electron chi connectivity index (χ1n) is 5.42. The van der Waals surface area contributed by atoms with E-state index in [9.17, 15) is 8.42 Å². The normalized spacial score (nSPS) is 13.3. The molecular formula is C10H20N4O2S. The standard InChI is InChI=1S/C10H20N4O2S/c1-8-11-9(13-12-8)6-14(5)17(15,16)7-10(2,3)4/h6-7H2,1-5H3,(H,11,12,13). The second-order valence-electron chi connectivity index (χ2n) is 5.41. The zero-order chi connectivity index (χ0) is 13.3. The van der Waals surface area contributed by atoms with E-state index in [1.54, 1.807) is 14.0 Å². The summed E-state index contributed by atoms with van der Waals surface area (Å²) in [4.78, 5) is 4.09. The van der Waals surface area contributed by atoms with Crippen LogP contribution in [0.25, 0.3) is 0 Å². The number of nitrogens with zero attached hydrogens (tertiary/aromatic N) is 3. The van der Waals surface area contributed by atoms with Gasteiger partial charge in [-0.05, 0) is 12.3 Å². The molecule has 1 N–H and O–H groups in total. The zero-order valence-electron chi connectivity index (χ0n) is 11.0. The molecular weight excluding hydrogens is 240 g/mol. The predicted molar refractivity (Wildman–Crippen MR) is 65.8 cm³/mol. The molecule has 1 heterocycles. The predicted octanol–water partition coefficient (Wildman–Crippen LogP) is 0.921. The number of nitrogens with one attached hydrogen (secondary N) is 1. The van der Waals surface area contributed by atoms with Crippen molar-refractivity contribution in [3.05, 3.63) is 11.6 Å². The highest BCUT2D eigenvalue weighted by Gasteiger charge is 2.26. The maximum absolute atomic E-state index is 12.0. The lowest BCUT2D eigenvalue weighted by Gasteiger charge is -2.22. The quantitative estimate of drug-likeness (QED) is 0.873. The lowest BCUT2D eigenvalue weighted by atomic mass is 10.0. The molecule has 0 atom stereocenters. The number of aromatic amines is 1. The molecule has 0 aromatic carbocycles. The molecule has 0 saturated carbocycles. The Labute approximate surface area is 102 Å². The van der Waals surface area contributed by atoms with E-state index in [2.05, 4.69) is 15.2 Å². The molecule has 6 nitrogen and oxygen atoms in total. The van der Waals surface area contributed by atoms with Gasteiger partial charge in [0.2, 0.25) is 10.0 Å². The highest BCUT2D eigenvalue weighted by molar-refractivity contribution is 7.89. The molecule has 1 aromatic heterocycles. The highest BCUT2D eigenvalue weighted by Crippen LogP contribution is 2.18. The Morgan fingerprint density at radius 1 is 1.35 bits per heavy atom. The van der Waals surface area contributed by atoms with E-state index < -0.39 is 10.0 Å². The second kappa shape index (κ2) is 4.73. The van der Waals surface area contributed by atoms with Crippen LogP contribution in [-0.4, -0.2) is 40.7 Å². The fourth-order valence-corrected chi connectivity index (χ4v) is 3.04. The van der Waals surface area contributed by atoms with Gasteiger partial charge in [-0.3, -0.25) is 5.10 Å². The Kier molecular flexibility index (Phi) is 3.93. The largest absolute Gasteiger partial charge is 0.263 e. The molecule has 1 aromatic rings. The molecule has 0 saturated heterocycles. The van der Waals surface area contributed by atoms with Crippen LogP contribution in [0.1, 0.15) is 32.4 Å². The number of aromatic nitrogens is 3. The van der Waals surface area contributed by atoms with Crippen molar-refractivity contribution in [2.45, 2.75) is 34.2 Å². The first kappa shape index (κ1) is 14.1. The topological polar surface area (TPSA) is 79.0 Å². The minimum absolute atomic E-state index is 0.111. The van der Waals surface area contributed by atoms with Gasteiger partial charge < -0.3 is 0 Å². The van der Waals surface area contributed by atoms with Crippen LogP contribution in [0.15, 0.2) is 0 Å². The third-order valence-electron chi connectivity index (χ3n) is 2.10. The monoisotopic (exact) mass is 260 g/mol. The zero-order valence-corrected chi connectivity index (χ0v) is 11.8. The van der Waals surface area contributed by atoms with Crippen molar-refractivity contribution in [3.63, 3.8) is 0 Å². The number of rotatable bonds is 4. The van der Waals surface area contributed by atoms with Gasteiger partial charge in [-0.25, -0.2) is 13.4 Å². The minimum Gasteiger partial charge on any atom is -0.263 e. The average molecular weight is 260 g/mol. The van der Waals surface area contributed by atoms with Crippen molar-refractivity contribution in [2.75, 3.05) is 12.8 Å². The van der Waals surface area contributed by atoms with Crippen LogP contribution in [-0.2, 0) is 16.6 Å². The summed E-state index contributed by atoms with van der Waals surface area (Å²) in [6, 6.07) is 0. The third kappa shape index (κ3) is 4.43. The molecule has 0 radical (unpaired) electrons. The van der Waals surface area contributed by atoms with Gasteiger partial charge in [0, 0.05) is 7.05 Å². The summed E-state index contributed by atoms with van der Waals surface area (Å²) < 4.78 is 25.3. The Balaban J connectivity index is 2.73. The van der Waals surface area contributed by atoms with Gasteiger partial charge in [0.25, 0.3) is 0 Å². The van der Waals surface area contributed by atoms with Crippen molar-refractivity contribution < 1.29 is 8.42 Å². The van der Waals surface area contributed by atoms with Crippen LogP contribution in [0, 0.1) is 12.3 Å². The third-order valence-corrected chi connectivity index (χ3v) is 4.41. The Bertz CT molecular complexity index is 473. The summed E-state index contributed by atoms with van der Waals surface area (Å²) in [6.45, 7) is 7.67. The van der Waals surface area contributed by atoms with E-state index in [1.165, 1.54) is 4.31 Å². The summed E-state index contributed by atoms with van der Waals surface area (Å²) in [7, 11) is -1.72. The number of hydrogen-bond acceptors (Lipinski definition) is 4. The van der Waals surface area contributed by atoms with Crippen molar-refractivity contribution >= 4 is 10.0 Å². The summed E-state index contributed by atoms with van der Waals surface area (Å²) >= 11 is 0. The molecule has 0 bridgehead atoms. The minimum atomic E-state index is -3.27. The smallest absolute Gasteiger partial charge is 0.214 e. The van der Waals surface area contributed by atoms with Crippen LogP contribution in [0.2, 0.25) is 0 Å². The molecule has 0 aliphatic heterocycles. The van der Waals surface area contributed by atoms with Gasteiger partial charge in [-0.15, -0.1) is 0 Å². The summed E-state index contributed by atoms with van der Waals surface area (Å²) in [5.41, 5.74) is -0.262. The van der Waals surface area contributed by atoms with Gasteiger partial charge in [0.1, 0.15) is 5.82 Å². The maximum atomic E-state index is 12.0. The van der Waals surface area contributed by atoms with Gasteiger partial charge in [-0.2, -0.15) is 9.40 Å².